The summed E-state index contributed by atoms with van der Waals surface area (Å²) in [5.74, 6) is -0.894. The molecule has 0 radical (unpaired) electrons. The lowest BCUT2D eigenvalue weighted by Crippen LogP contribution is -2.46. The van der Waals surface area contributed by atoms with Crippen LogP contribution in [0, 0.1) is 5.92 Å². The Labute approximate surface area is 157 Å². The molecule has 27 heavy (non-hydrogen) atoms. The van der Waals surface area contributed by atoms with Crippen LogP contribution in [0.4, 0.5) is 5.69 Å². The number of carbonyl (C=O) groups excluding carboxylic acids is 2. The molecule has 146 valence electrons. The van der Waals surface area contributed by atoms with Gasteiger partial charge in [0.1, 0.15) is 0 Å². The van der Waals surface area contributed by atoms with E-state index in [1.54, 1.807) is 18.2 Å². The molecular weight excluding hydrogens is 370 g/mol. The predicted octanol–water partition coefficient (Wildman–Crippen LogP) is 0.314. The number of nitrogens with one attached hydrogen (secondary N) is 2. The fraction of sp³-hybridized carbons (Fsp3) is 0.353. The second-order valence-electron chi connectivity index (χ2n) is 6.45. The van der Waals surface area contributed by atoms with Crippen molar-refractivity contribution in [2.24, 2.45) is 11.7 Å². The van der Waals surface area contributed by atoms with Gasteiger partial charge in [-0.1, -0.05) is 26.0 Å². The summed E-state index contributed by atoms with van der Waals surface area (Å²) in [4.78, 5) is 23.9. The minimum absolute atomic E-state index is 0.0406. The molecule has 0 aliphatic heterocycles. The number of nitrogens with zero attached hydrogens (tertiary/aromatic N) is 2. The van der Waals surface area contributed by atoms with Crippen LogP contribution in [0.15, 0.2) is 41.6 Å². The van der Waals surface area contributed by atoms with E-state index >= 15 is 0 Å². The molecule has 4 N–H and O–H groups in total. The fourth-order valence-corrected chi connectivity index (χ4v) is 3.14. The summed E-state index contributed by atoms with van der Waals surface area (Å²) < 4.78 is 25.2. The Kier molecular flexibility index (Phi) is 6.34. The van der Waals surface area contributed by atoms with E-state index in [9.17, 15) is 18.0 Å². The first-order chi connectivity index (χ1) is 12.6. The van der Waals surface area contributed by atoms with Gasteiger partial charge in [0.2, 0.25) is 11.8 Å². The molecule has 1 aromatic heterocycles. The first-order valence-electron chi connectivity index (χ1n) is 8.27. The number of para-hydroxylation sites is 1. The number of anilines is 1. The van der Waals surface area contributed by atoms with Crippen LogP contribution in [0.25, 0.3) is 5.69 Å². The molecule has 1 aromatic carbocycles. The van der Waals surface area contributed by atoms with Crippen molar-refractivity contribution in [3.05, 3.63) is 36.7 Å². The van der Waals surface area contributed by atoms with Crippen molar-refractivity contribution in [3.63, 3.8) is 0 Å². The van der Waals surface area contributed by atoms with E-state index in [0.29, 0.717) is 11.4 Å². The maximum Gasteiger partial charge on any atom is 0.243 e. The second kappa shape index (κ2) is 8.31. The number of sulfone groups is 1. The van der Waals surface area contributed by atoms with Crippen molar-refractivity contribution in [2.75, 3.05) is 18.1 Å². The first kappa shape index (κ1) is 20.6. The van der Waals surface area contributed by atoms with Gasteiger partial charge in [0.25, 0.3) is 0 Å². The molecule has 2 aromatic rings. The van der Waals surface area contributed by atoms with E-state index < -0.39 is 27.7 Å². The zero-order valence-electron chi connectivity index (χ0n) is 15.3. The maximum atomic E-state index is 12.0. The third-order valence-corrected chi connectivity index (χ3v) is 4.97. The van der Waals surface area contributed by atoms with E-state index in [-0.39, 0.29) is 17.4 Å². The van der Waals surface area contributed by atoms with Gasteiger partial charge in [-0.15, -0.1) is 0 Å². The van der Waals surface area contributed by atoms with Crippen LogP contribution in [-0.4, -0.2) is 48.9 Å². The summed E-state index contributed by atoms with van der Waals surface area (Å²) in [6.45, 7) is 3.39. The summed E-state index contributed by atoms with van der Waals surface area (Å²) in [7, 11) is -3.44. The van der Waals surface area contributed by atoms with Crippen LogP contribution in [0.2, 0.25) is 0 Å². The molecule has 0 saturated heterocycles. The van der Waals surface area contributed by atoms with Crippen molar-refractivity contribution < 1.29 is 18.0 Å². The van der Waals surface area contributed by atoms with Crippen molar-refractivity contribution in [3.8, 4) is 5.69 Å². The van der Waals surface area contributed by atoms with Gasteiger partial charge in [-0.25, -0.2) is 13.1 Å². The monoisotopic (exact) mass is 393 g/mol. The highest BCUT2D eigenvalue weighted by Crippen LogP contribution is 2.20. The molecule has 0 spiro atoms. The highest BCUT2D eigenvalue weighted by molar-refractivity contribution is 7.90. The molecule has 9 nitrogen and oxygen atoms in total. The Hall–Kier alpha value is -2.72. The largest absolute Gasteiger partial charge is 0.346 e. The van der Waals surface area contributed by atoms with Gasteiger partial charge in [-0.3, -0.25) is 9.59 Å². The van der Waals surface area contributed by atoms with E-state index in [1.807, 2.05) is 13.8 Å². The smallest absolute Gasteiger partial charge is 0.243 e. The second-order valence-corrected chi connectivity index (χ2v) is 8.43. The topological polar surface area (TPSA) is 136 Å². The van der Waals surface area contributed by atoms with E-state index in [1.165, 1.54) is 23.1 Å². The standard InChI is InChI=1S/C17H23N5O4S/c1-11(2)16(18)17(24)19-9-15(23)21-12-8-20-22(10-12)13-6-4-5-7-14(13)27(3,25)26/h4-8,10-11,16H,9,18H2,1-3H3,(H,19,24)(H,21,23)/t16-/m0/s1. The van der Waals surface area contributed by atoms with E-state index in [2.05, 4.69) is 15.7 Å². The average Bonchev–Trinajstić information content (AvgIpc) is 3.06. The van der Waals surface area contributed by atoms with Gasteiger partial charge < -0.3 is 16.4 Å². The van der Waals surface area contributed by atoms with Crippen LogP contribution < -0.4 is 16.4 Å². The summed E-state index contributed by atoms with van der Waals surface area (Å²) in [6.07, 6.45) is 3.99. The number of carbonyl (C=O) groups is 2. The fourth-order valence-electron chi connectivity index (χ4n) is 2.27. The van der Waals surface area contributed by atoms with Gasteiger partial charge in [0.05, 0.1) is 41.3 Å². The van der Waals surface area contributed by atoms with Gasteiger partial charge >= 0.3 is 0 Å². The van der Waals surface area contributed by atoms with Crippen molar-refractivity contribution in [1.29, 1.82) is 0 Å². The van der Waals surface area contributed by atoms with Crippen LogP contribution in [0.1, 0.15) is 13.8 Å². The molecule has 2 amide bonds. The number of amides is 2. The molecular formula is C17H23N5O4S. The molecule has 2 rings (SSSR count). The summed E-state index contributed by atoms with van der Waals surface area (Å²) >= 11 is 0. The number of benzene rings is 1. The minimum atomic E-state index is -3.44. The SMILES string of the molecule is CC(C)[C@H](N)C(=O)NCC(=O)Nc1cnn(-c2ccccc2S(C)(=O)=O)c1. The Bertz CT molecular complexity index is 936. The van der Waals surface area contributed by atoms with Gasteiger partial charge in [0.15, 0.2) is 9.84 Å². The minimum Gasteiger partial charge on any atom is -0.346 e. The van der Waals surface area contributed by atoms with Gasteiger partial charge in [-0.2, -0.15) is 5.10 Å². The van der Waals surface area contributed by atoms with Crippen LogP contribution in [-0.2, 0) is 19.4 Å². The molecule has 0 aliphatic carbocycles. The number of aromatic nitrogens is 2. The molecule has 1 heterocycles. The summed E-state index contributed by atoms with van der Waals surface area (Å²) in [6, 6.07) is 5.72. The summed E-state index contributed by atoms with van der Waals surface area (Å²) in [5, 5.41) is 9.15. The van der Waals surface area contributed by atoms with Crippen LogP contribution in [0.3, 0.4) is 0 Å². The highest BCUT2D eigenvalue weighted by Gasteiger charge is 2.18. The average molecular weight is 393 g/mol. The van der Waals surface area contributed by atoms with Crippen LogP contribution in [0.5, 0.6) is 0 Å². The number of hydrogen-bond donors (Lipinski definition) is 3. The normalized spacial score (nSPS) is 12.6. The Balaban J connectivity index is 2.05. The number of nitrogens with two attached hydrogens (primary N) is 1. The number of rotatable bonds is 7. The first-order valence-corrected chi connectivity index (χ1v) is 10.2. The molecule has 0 bridgehead atoms. The molecule has 0 saturated carbocycles. The molecule has 0 fully saturated rings. The van der Waals surface area contributed by atoms with Gasteiger partial charge in [0, 0.05) is 6.26 Å². The summed E-state index contributed by atoms with van der Waals surface area (Å²) in [5.41, 5.74) is 6.45. The Morgan fingerprint density at radius 2 is 1.93 bits per heavy atom. The third-order valence-electron chi connectivity index (χ3n) is 3.82. The number of hydrogen-bond acceptors (Lipinski definition) is 6. The van der Waals surface area contributed by atoms with Crippen molar-refractivity contribution >= 4 is 27.3 Å². The lowest BCUT2D eigenvalue weighted by molar-refractivity contribution is -0.125. The van der Waals surface area contributed by atoms with Crippen molar-refractivity contribution in [1.82, 2.24) is 15.1 Å². The molecule has 1 atom stereocenters. The van der Waals surface area contributed by atoms with E-state index in [4.69, 9.17) is 5.73 Å². The quantitative estimate of drug-likeness (QED) is 0.619. The third kappa shape index (κ3) is 5.38. The zero-order chi connectivity index (χ0) is 20.2. The maximum absolute atomic E-state index is 12.0. The molecule has 10 heteroatoms. The lowest BCUT2D eigenvalue weighted by atomic mass is 10.1. The Morgan fingerprint density at radius 3 is 2.56 bits per heavy atom. The van der Waals surface area contributed by atoms with Crippen molar-refractivity contribution in [2.45, 2.75) is 24.8 Å². The zero-order valence-corrected chi connectivity index (χ0v) is 16.2. The van der Waals surface area contributed by atoms with E-state index in [0.717, 1.165) is 6.26 Å². The van der Waals surface area contributed by atoms with Crippen LogP contribution >= 0.6 is 0 Å². The lowest BCUT2D eigenvalue weighted by Gasteiger charge is -2.14. The van der Waals surface area contributed by atoms with Gasteiger partial charge in [-0.05, 0) is 18.1 Å². The Morgan fingerprint density at radius 1 is 1.26 bits per heavy atom. The highest BCUT2D eigenvalue weighted by atomic mass is 32.2. The molecule has 0 aliphatic rings. The molecule has 0 unspecified atom stereocenters. The predicted molar refractivity (Wildman–Crippen MR) is 101 cm³/mol.